The Kier molecular flexibility index (Phi) is 3.79. The van der Waals surface area contributed by atoms with E-state index in [0.717, 1.165) is 24.6 Å². The van der Waals surface area contributed by atoms with Crippen molar-refractivity contribution in [1.82, 2.24) is 15.3 Å². The van der Waals surface area contributed by atoms with Crippen LogP contribution in [0.1, 0.15) is 35.7 Å². The van der Waals surface area contributed by atoms with Crippen molar-refractivity contribution < 1.29 is 0 Å². The second kappa shape index (κ2) is 5.71. The van der Waals surface area contributed by atoms with Crippen LogP contribution in [0, 0.1) is 13.8 Å². The zero-order valence-electron chi connectivity index (χ0n) is 12.2. The summed E-state index contributed by atoms with van der Waals surface area (Å²) in [7, 11) is 0. The van der Waals surface area contributed by atoms with Gasteiger partial charge in [0.2, 0.25) is 0 Å². The van der Waals surface area contributed by atoms with Crippen LogP contribution in [-0.4, -0.2) is 23.1 Å². The van der Waals surface area contributed by atoms with Crippen LogP contribution >= 0.6 is 0 Å². The molecule has 1 fully saturated rings. The quantitative estimate of drug-likeness (QED) is 0.907. The Bertz CT molecular complexity index is 601. The Morgan fingerprint density at radius 3 is 2.90 bits per heavy atom. The van der Waals surface area contributed by atoms with Crippen LogP contribution in [0.15, 0.2) is 30.5 Å². The minimum absolute atomic E-state index is 0.453. The number of piperidine rings is 1. The Labute approximate surface area is 120 Å². The SMILES string of the molecule is Cc1ccc(C)c(-c2ccnc(C3CCCNC3)n2)c1. The van der Waals surface area contributed by atoms with Gasteiger partial charge in [-0.2, -0.15) is 0 Å². The topological polar surface area (TPSA) is 37.8 Å². The highest BCUT2D eigenvalue weighted by Crippen LogP contribution is 2.25. The molecule has 2 aromatic rings. The number of aromatic nitrogens is 2. The van der Waals surface area contributed by atoms with Gasteiger partial charge in [-0.05, 0) is 50.9 Å². The summed E-state index contributed by atoms with van der Waals surface area (Å²) >= 11 is 0. The van der Waals surface area contributed by atoms with E-state index in [1.54, 1.807) is 0 Å². The van der Waals surface area contributed by atoms with Gasteiger partial charge in [0.1, 0.15) is 5.82 Å². The summed E-state index contributed by atoms with van der Waals surface area (Å²) in [5.74, 6) is 1.43. The van der Waals surface area contributed by atoms with Crippen molar-refractivity contribution >= 4 is 0 Å². The van der Waals surface area contributed by atoms with Crippen molar-refractivity contribution in [2.75, 3.05) is 13.1 Å². The summed E-state index contributed by atoms with van der Waals surface area (Å²) in [6.45, 7) is 6.37. The molecular weight excluding hydrogens is 246 g/mol. The van der Waals surface area contributed by atoms with E-state index in [-0.39, 0.29) is 0 Å². The number of hydrogen-bond acceptors (Lipinski definition) is 3. The fourth-order valence-electron chi connectivity index (χ4n) is 2.80. The number of nitrogens with zero attached hydrogens (tertiary/aromatic N) is 2. The average molecular weight is 267 g/mol. The Morgan fingerprint density at radius 2 is 2.10 bits per heavy atom. The van der Waals surface area contributed by atoms with Crippen LogP contribution in [0.3, 0.4) is 0 Å². The lowest BCUT2D eigenvalue weighted by atomic mass is 9.98. The first kappa shape index (κ1) is 13.3. The van der Waals surface area contributed by atoms with Crippen molar-refractivity contribution in [3.8, 4) is 11.3 Å². The van der Waals surface area contributed by atoms with E-state index in [4.69, 9.17) is 4.98 Å². The lowest BCUT2D eigenvalue weighted by Crippen LogP contribution is -2.29. The van der Waals surface area contributed by atoms with Crippen LogP contribution in [-0.2, 0) is 0 Å². The number of aryl methyl sites for hydroxylation is 2. The third-order valence-electron chi connectivity index (χ3n) is 4.01. The third-order valence-corrected chi connectivity index (χ3v) is 4.01. The van der Waals surface area contributed by atoms with Gasteiger partial charge < -0.3 is 5.32 Å². The monoisotopic (exact) mass is 267 g/mol. The largest absolute Gasteiger partial charge is 0.316 e. The Hall–Kier alpha value is -1.74. The van der Waals surface area contributed by atoms with Gasteiger partial charge in [-0.25, -0.2) is 9.97 Å². The smallest absolute Gasteiger partial charge is 0.133 e. The van der Waals surface area contributed by atoms with Gasteiger partial charge in [0.15, 0.2) is 0 Å². The van der Waals surface area contributed by atoms with E-state index in [9.17, 15) is 0 Å². The zero-order valence-corrected chi connectivity index (χ0v) is 12.2. The summed E-state index contributed by atoms with van der Waals surface area (Å²) in [5, 5.41) is 3.43. The summed E-state index contributed by atoms with van der Waals surface area (Å²) in [5.41, 5.74) is 4.80. The van der Waals surface area contributed by atoms with E-state index in [1.807, 2.05) is 12.3 Å². The number of benzene rings is 1. The third kappa shape index (κ3) is 2.73. The van der Waals surface area contributed by atoms with Gasteiger partial charge in [-0.3, -0.25) is 0 Å². The average Bonchev–Trinajstić information content (AvgIpc) is 2.51. The molecule has 3 heteroatoms. The van der Waals surface area contributed by atoms with E-state index in [2.05, 4.69) is 42.3 Å². The highest BCUT2D eigenvalue weighted by Gasteiger charge is 2.18. The molecule has 3 rings (SSSR count). The standard InChI is InChI=1S/C17H21N3/c1-12-5-6-13(2)15(10-12)16-7-9-19-17(20-16)14-4-3-8-18-11-14/h5-7,9-10,14,18H,3-4,8,11H2,1-2H3. The molecule has 1 unspecified atom stereocenters. The highest BCUT2D eigenvalue weighted by atomic mass is 14.9. The highest BCUT2D eigenvalue weighted by molar-refractivity contribution is 5.64. The minimum Gasteiger partial charge on any atom is -0.316 e. The van der Waals surface area contributed by atoms with E-state index in [1.165, 1.54) is 29.5 Å². The summed E-state index contributed by atoms with van der Waals surface area (Å²) in [4.78, 5) is 9.31. The Morgan fingerprint density at radius 1 is 1.20 bits per heavy atom. The predicted octanol–water partition coefficient (Wildman–Crippen LogP) is 3.23. The zero-order chi connectivity index (χ0) is 13.9. The molecule has 0 saturated carbocycles. The van der Waals surface area contributed by atoms with E-state index in [0.29, 0.717) is 5.92 Å². The lowest BCUT2D eigenvalue weighted by molar-refractivity contribution is 0.447. The van der Waals surface area contributed by atoms with Crippen molar-refractivity contribution in [2.45, 2.75) is 32.6 Å². The second-order valence-electron chi connectivity index (χ2n) is 5.66. The maximum absolute atomic E-state index is 4.82. The van der Waals surface area contributed by atoms with Crippen LogP contribution in [0.2, 0.25) is 0 Å². The van der Waals surface area contributed by atoms with Crippen LogP contribution in [0.5, 0.6) is 0 Å². The van der Waals surface area contributed by atoms with Gasteiger partial charge in [0.25, 0.3) is 0 Å². The first-order valence-electron chi connectivity index (χ1n) is 7.35. The van der Waals surface area contributed by atoms with Crippen molar-refractivity contribution in [2.24, 2.45) is 0 Å². The summed E-state index contributed by atoms with van der Waals surface area (Å²) in [6, 6.07) is 8.53. The Balaban J connectivity index is 1.96. The van der Waals surface area contributed by atoms with Gasteiger partial charge in [0.05, 0.1) is 5.69 Å². The maximum Gasteiger partial charge on any atom is 0.133 e. The molecule has 2 heterocycles. The molecule has 0 spiro atoms. The van der Waals surface area contributed by atoms with E-state index < -0.39 is 0 Å². The molecule has 1 aromatic heterocycles. The normalized spacial score (nSPS) is 19.0. The molecule has 1 aliphatic heterocycles. The summed E-state index contributed by atoms with van der Waals surface area (Å²) < 4.78 is 0. The molecule has 1 aliphatic rings. The van der Waals surface area contributed by atoms with Gasteiger partial charge in [0, 0.05) is 24.2 Å². The molecule has 0 bridgehead atoms. The van der Waals surface area contributed by atoms with Gasteiger partial charge in [-0.1, -0.05) is 17.7 Å². The van der Waals surface area contributed by atoms with Gasteiger partial charge >= 0.3 is 0 Å². The van der Waals surface area contributed by atoms with E-state index >= 15 is 0 Å². The van der Waals surface area contributed by atoms with Crippen LogP contribution in [0.4, 0.5) is 0 Å². The summed E-state index contributed by atoms with van der Waals surface area (Å²) in [6.07, 6.45) is 4.29. The lowest BCUT2D eigenvalue weighted by Gasteiger charge is -2.21. The molecule has 1 saturated heterocycles. The molecule has 1 atom stereocenters. The molecule has 104 valence electrons. The maximum atomic E-state index is 4.82. The molecule has 3 nitrogen and oxygen atoms in total. The van der Waals surface area contributed by atoms with Crippen molar-refractivity contribution in [3.63, 3.8) is 0 Å². The predicted molar refractivity (Wildman–Crippen MR) is 81.8 cm³/mol. The fourth-order valence-corrected chi connectivity index (χ4v) is 2.80. The molecule has 0 radical (unpaired) electrons. The second-order valence-corrected chi connectivity index (χ2v) is 5.66. The molecule has 0 amide bonds. The van der Waals surface area contributed by atoms with Crippen molar-refractivity contribution in [3.05, 3.63) is 47.4 Å². The van der Waals surface area contributed by atoms with Crippen LogP contribution < -0.4 is 5.32 Å². The number of hydrogen-bond donors (Lipinski definition) is 1. The number of nitrogens with one attached hydrogen (secondary N) is 1. The molecule has 1 N–H and O–H groups in total. The van der Waals surface area contributed by atoms with Gasteiger partial charge in [-0.15, -0.1) is 0 Å². The molecule has 1 aromatic carbocycles. The molecule has 20 heavy (non-hydrogen) atoms. The molecular formula is C17H21N3. The first-order chi connectivity index (χ1) is 9.74. The molecule has 0 aliphatic carbocycles. The van der Waals surface area contributed by atoms with Crippen LogP contribution in [0.25, 0.3) is 11.3 Å². The van der Waals surface area contributed by atoms with Crippen molar-refractivity contribution in [1.29, 1.82) is 0 Å². The minimum atomic E-state index is 0.453. The number of rotatable bonds is 2. The first-order valence-corrected chi connectivity index (χ1v) is 7.35. The fraction of sp³-hybridized carbons (Fsp3) is 0.412.